The van der Waals surface area contributed by atoms with Crippen molar-refractivity contribution in [2.24, 2.45) is 5.92 Å². The van der Waals surface area contributed by atoms with E-state index in [1.165, 1.54) is 12.1 Å². The summed E-state index contributed by atoms with van der Waals surface area (Å²) in [7, 11) is 0. The van der Waals surface area contributed by atoms with Crippen molar-refractivity contribution < 1.29 is 14.8 Å². The zero-order valence-electron chi connectivity index (χ0n) is 12.1. The molecule has 112 valence electrons. The second kappa shape index (κ2) is 7.81. The van der Waals surface area contributed by atoms with Gasteiger partial charge in [0, 0.05) is 18.7 Å². The molecule has 1 aromatic rings. The molecular weight excluding hydrogens is 260 g/mol. The maximum Gasteiger partial charge on any atom is 0.269 e. The van der Waals surface area contributed by atoms with Gasteiger partial charge in [-0.05, 0) is 31.0 Å². The zero-order chi connectivity index (χ0) is 15.1. The topological polar surface area (TPSA) is 84.6 Å². The first kappa shape index (κ1) is 16.4. The van der Waals surface area contributed by atoms with Gasteiger partial charge < -0.3 is 15.2 Å². The first-order chi connectivity index (χ1) is 9.40. The lowest BCUT2D eigenvalue weighted by Gasteiger charge is -2.15. The molecule has 0 aromatic heterocycles. The Balaban J connectivity index is 2.43. The minimum Gasteiger partial charge on any atom is -0.491 e. The van der Waals surface area contributed by atoms with E-state index in [1.54, 1.807) is 13.0 Å². The highest BCUT2D eigenvalue weighted by molar-refractivity contribution is 5.42. The maximum atomic E-state index is 10.6. The molecule has 0 amide bonds. The predicted molar refractivity (Wildman–Crippen MR) is 77.0 cm³/mol. The number of aryl methyl sites for hydroxylation is 1. The zero-order valence-corrected chi connectivity index (χ0v) is 12.1. The molecule has 2 N–H and O–H groups in total. The number of hydrogen-bond donors (Lipinski definition) is 2. The van der Waals surface area contributed by atoms with Crippen LogP contribution in [0, 0.1) is 23.0 Å². The number of nitrogens with zero attached hydrogens (tertiary/aromatic N) is 1. The average molecular weight is 282 g/mol. The molecule has 0 bridgehead atoms. The number of hydrogen-bond acceptors (Lipinski definition) is 5. The number of ether oxygens (including phenoxy) is 1. The van der Waals surface area contributed by atoms with Crippen LogP contribution in [0.25, 0.3) is 0 Å². The van der Waals surface area contributed by atoms with Crippen LogP contribution in [-0.4, -0.2) is 35.8 Å². The van der Waals surface area contributed by atoms with Crippen molar-refractivity contribution >= 4 is 5.69 Å². The van der Waals surface area contributed by atoms with Gasteiger partial charge in [-0.2, -0.15) is 0 Å². The molecule has 0 aliphatic carbocycles. The van der Waals surface area contributed by atoms with E-state index < -0.39 is 11.0 Å². The number of aliphatic hydroxyl groups is 1. The Kier molecular flexibility index (Phi) is 6.41. The third kappa shape index (κ3) is 5.54. The highest BCUT2D eigenvalue weighted by Gasteiger charge is 2.10. The lowest BCUT2D eigenvalue weighted by atomic mass is 10.2. The van der Waals surface area contributed by atoms with Gasteiger partial charge in [0.1, 0.15) is 18.5 Å². The molecule has 0 saturated carbocycles. The largest absolute Gasteiger partial charge is 0.491 e. The van der Waals surface area contributed by atoms with Gasteiger partial charge in [-0.25, -0.2) is 0 Å². The molecule has 20 heavy (non-hydrogen) atoms. The summed E-state index contributed by atoms with van der Waals surface area (Å²) < 4.78 is 5.48. The number of rotatable bonds is 8. The van der Waals surface area contributed by atoms with Crippen LogP contribution in [0.5, 0.6) is 5.75 Å². The SMILES string of the molecule is Cc1cc([N+](=O)[O-])ccc1OCC(O)CNCC(C)C. The second-order valence-electron chi connectivity index (χ2n) is 5.22. The van der Waals surface area contributed by atoms with Gasteiger partial charge in [-0.15, -0.1) is 0 Å². The standard InChI is InChI=1S/C14H22N2O4/c1-10(2)7-15-8-13(17)9-20-14-5-4-12(16(18)19)6-11(14)3/h4-6,10,13,15,17H,7-9H2,1-3H3. The van der Waals surface area contributed by atoms with Crippen molar-refractivity contribution in [2.75, 3.05) is 19.7 Å². The highest BCUT2D eigenvalue weighted by Crippen LogP contribution is 2.23. The summed E-state index contributed by atoms with van der Waals surface area (Å²) in [5.74, 6) is 1.08. The van der Waals surface area contributed by atoms with E-state index in [0.717, 1.165) is 6.54 Å². The lowest BCUT2D eigenvalue weighted by Crippen LogP contribution is -2.33. The third-order valence-electron chi connectivity index (χ3n) is 2.73. The van der Waals surface area contributed by atoms with Gasteiger partial charge >= 0.3 is 0 Å². The number of nitro groups is 1. The fourth-order valence-electron chi connectivity index (χ4n) is 1.69. The van der Waals surface area contributed by atoms with E-state index in [9.17, 15) is 15.2 Å². The molecule has 0 aliphatic heterocycles. The molecule has 1 unspecified atom stereocenters. The number of aliphatic hydroxyl groups excluding tert-OH is 1. The van der Waals surface area contributed by atoms with Crippen LogP contribution in [0.2, 0.25) is 0 Å². The van der Waals surface area contributed by atoms with Gasteiger partial charge in [-0.3, -0.25) is 10.1 Å². The predicted octanol–water partition coefficient (Wildman–Crippen LogP) is 1.89. The van der Waals surface area contributed by atoms with E-state index in [4.69, 9.17) is 4.74 Å². The molecule has 1 rings (SSSR count). The van der Waals surface area contributed by atoms with Crippen molar-refractivity contribution in [1.82, 2.24) is 5.32 Å². The molecular formula is C14H22N2O4. The van der Waals surface area contributed by atoms with Gasteiger partial charge in [-0.1, -0.05) is 13.8 Å². The third-order valence-corrected chi connectivity index (χ3v) is 2.73. The Morgan fingerprint density at radius 2 is 2.10 bits per heavy atom. The first-order valence-electron chi connectivity index (χ1n) is 6.66. The van der Waals surface area contributed by atoms with Gasteiger partial charge in [0.05, 0.1) is 4.92 Å². The quantitative estimate of drug-likeness (QED) is 0.562. The van der Waals surface area contributed by atoms with Crippen LogP contribution < -0.4 is 10.1 Å². The van der Waals surface area contributed by atoms with Crippen LogP contribution in [0.1, 0.15) is 19.4 Å². The van der Waals surface area contributed by atoms with E-state index in [0.29, 0.717) is 23.8 Å². The van der Waals surface area contributed by atoms with Crippen molar-refractivity contribution in [2.45, 2.75) is 26.9 Å². The smallest absolute Gasteiger partial charge is 0.269 e. The fourth-order valence-corrected chi connectivity index (χ4v) is 1.69. The van der Waals surface area contributed by atoms with Crippen molar-refractivity contribution in [1.29, 1.82) is 0 Å². The molecule has 0 fully saturated rings. The van der Waals surface area contributed by atoms with Crippen LogP contribution in [-0.2, 0) is 0 Å². The van der Waals surface area contributed by atoms with E-state index in [2.05, 4.69) is 19.2 Å². The lowest BCUT2D eigenvalue weighted by molar-refractivity contribution is -0.384. The maximum absolute atomic E-state index is 10.6. The Morgan fingerprint density at radius 3 is 2.65 bits per heavy atom. The van der Waals surface area contributed by atoms with Gasteiger partial charge in [0.2, 0.25) is 0 Å². The van der Waals surface area contributed by atoms with Gasteiger partial charge in [0.15, 0.2) is 0 Å². The van der Waals surface area contributed by atoms with Crippen LogP contribution in [0.15, 0.2) is 18.2 Å². The summed E-state index contributed by atoms with van der Waals surface area (Å²) in [6.45, 7) is 7.39. The molecule has 0 heterocycles. The summed E-state index contributed by atoms with van der Waals surface area (Å²) in [5, 5.41) is 23.5. The number of non-ortho nitro benzene ring substituents is 1. The van der Waals surface area contributed by atoms with Gasteiger partial charge in [0.25, 0.3) is 5.69 Å². The number of nitro benzene ring substituents is 1. The molecule has 0 radical (unpaired) electrons. The molecule has 6 heteroatoms. The molecule has 1 aromatic carbocycles. The molecule has 0 aliphatic rings. The van der Waals surface area contributed by atoms with E-state index in [1.807, 2.05) is 0 Å². The number of benzene rings is 1. The Bertz CT molecular complexity index is 449. The summed E-state index contributed by atoms with van der Waals surface area (Å²) in [4.78, 5) is 10.2. The number of nitrogens with one attached hydrogen (secondary N) is 1. The molecule has 6 nitrogen and oxygen atoms in total. The highest BCUT2D eigenvalue weighted by atomic mass is 16.6. The Hall–Kier alpha value is -1.66. The summed E-state index contributed by atoms with van der Waals surface area (Å²) in [6.07, 6.45) is -0.608. The van der Waals surface area contributed by atoms with Crippen LogP contribution in [0.4, 0.5) is 5.69 Å². The molecule has 1 atom stereocenters. The summed E-state index contributed by atoms with van der Waals surface area (Å²) in [5.41, 5.74) is 0.718. The molecule has 0 saturated heterocycles. The van der Waals surface area contributed by atoms with Crippen molar-refractivity contribution in [3.63, 3.8) is 0 Å². The monoisotopic (exact) mass is 282 g/mol. The van der Waals surface area contributed by atoms with Crippen LogP contribution in [0.3, 0.4) is 0 Å². The minimum atomic E-state index is -0.608. The van der Waals surface area contributed by atoms with Crippen LogP contribution >= 0.6 is 0 Å². The first-order valence-corrected chi connectivity index (χ1v) is 6.66. The average Bonchev–Trinajstić information content (AvgIpc) is 2.36. The Labute approximate surface area is 118 Å². The summed E-state index contributed by atoms with van der Waals surface area (Å²) >= 11 is 0. The Morgan fingerprint density at radius 1 is 1.40 bits per heavy atom. The molecule has 0 spiro atoms. The van der Waals surface area contributed by atoms with E-state index in [-0.39, 0.29) is 12.3 Å². The fraction of sp³-hybridized carbons (Fsp3) is 0.571. The minimum absolute atomic E-state index is 0.0361. The van der Waals surface area contributed by atoms with Crippen molar-refractivity contribution in [3.05, 3.63) is 33.9 Å². The summed E-state index contributed by atoms with van der Waals surface area (Å²) in [6, 6.07) is 4.41. The second-order valence-corrected chi connectivity index (χ2v) is 5.22. The van der Waals surface area contributed by atoms with Crippen molar-refractivity contribution in [3.8, 4) is 5.75 Å². The van der Waals surface area contributed by atoms with E-state index >= 15 is 0 Å². The normalized spacial score (nSPS) is 12.4.